The van der Waals surface area contributed by atoms with Crippen LogP contribution in [-0.4, -0.2) is 33.8 Å². The van der Waals surface area contributed by atoms with E-state index in [1.165, 1.54) is 6.20 Å². The van der Waals surface area contributed by atoms with Gasteiger partial charge in [0.05, 0.1) is 18.8 Å². The normalized spacial score (nSPS) is 12.1. The van der Waals surface area contributed by atoms with E-state index in [-0.39, 0.29) is 18.2 Å². The van der Waals surface area contributed by atoms with Gasteiger partial charge in [0.2, 0.25) is 0 Å². The number of hydrogen-bond donors (Lipinski definition) is 3. The summed E-state index contributed by atoms with van der Waals surface area (Å²) in [5.74, 6) is 0.241. The van der Waals surface area contributed by atoms with Crippen molar-refractivity contribution < 1.29 is 19.4 Å². The molecule has 1 aromatic carbocycles. The van der Waals surface area contributed by atoms with Gasteiger partial charge in [-0.2, -0.15) is 0 Å². The zero-order valence-electron chi connectivity index (χ0n) is 11.0. The van der Waals surface area contributed by atoms with Crippen LogP contribution in [0.1, 0.15) is 22.0 Å². The molecule has 3 N–H and O–H groups in total. The van der Waals surface area contributed by atoms with Crippen LogP contribution in [0.3, 0.4) is 0 Å². The topological polar surface area (TPSA) is 95.6 Å². The Morgan fingerprint density at radius 1 is 1.40 bits per heavy atom. The van der Waals surface area contributed by atoms with E-state index in [4.69, 9.17) is 4.42 Å². The quantitative estimate of drug-likeness (QED) is 0.758. The minimum absolute atomic E-state index is 0.0216. The Morgan fingerprint density at radius 2 is 2.10 bits per heavy atom. The molecule has 2 aromatic rings. The molecule has 0 aliphatic rings. The molecule has 106 valence electrons. The van der Waals surface area contributed by atoms with E-state index in [1.807, 2.05) is 0 Å². The smallest absolute Gasteiger partial charge is 0.307 e. The van der Waals surface area contributed by atoms with Gasteiger partial charge in [-0.1, -0.05) is 12.1 Å². The minimum Gasteiger partial charge on any atom is -0.508 e. The lowest BCUT2D eigenvalue weighted by Crippen LogP contribution is -2.39. The van der Waals surface area contributed by atoms with Crippen LogP contribution in [-0.2, 0) is 6.42 Å². The first kappa shape index (κ1) is 14.1. The van der Waals surface area contributed by atoms with E-state index in [0.29, 0.717) is 12.2 Å². The predicted octanol–water partition coefficient (Wildman–Crippen LogP) is 1.02. The van der Waals surface area contributed by atoms with Crippen molar-refractivity contribution in [2.75, 3.05) is 6.61 Å². The van der Waals surface area contributed by atoms with Crippen LogP contribution in [0, 0.1) is 6.92 Å². The van der Waals surface area contributed by atoms with Crippen molar-refractivity contribution >= 4 is 5.91 Å². The zero-order valence-corrected chi connectivity index (χ0v) is 11.0. The highest BCUT2D eigenvalue weighted by Crippen LogP contribution is 2.11. The molecule has 0 saturated heterocycles. The molecule has 1 amide bonds. The van der Waals surface area contributed by atoms with Crippen molar-refractivity contribution in [1.29, 1.82) is 0 Å². The number of aryl methyl sites for hydroxylation is 1. The van der Waals surface area contributed by atoms with Crippen molar-refractivity contribution in [3.05, 3.63) is 47.7 Å². The Balaban J connectivity index is 1.98. The number of rotatable bonds is 5. The number of benzene rings is 1. The molecule has 0 bridgehead atoms. The lowest BCUT2D eigenvalue weighted by Gasteiger charge is -2.15. The molecule has 0 aliphatic carbocycles. The van der Waals surface area contributed by atoms with Crippen molar-refractivity contribution in [2.24, 2.45) is 0 Å². The summed E-state index contributed by atoms with van der Waals surface area (Å²) in [4.78, 5) is 15.7. The van der Waals surface area contributed by atoms with Crippen LogP contribution < -0.4 is 5.32 Å². The van der Waals surface area contributed by atoms with E-state index in [9.17, 15) is 15.0 Å². The molecule has 1 atom stereocenters. The van der Waals surface area contributed by atoms with Crippen LogP contribution in [0.5, 0.6) is 5.75 Å². The molecular formula is C14H16N2O4. The van der Waals surface area contributed by atoms with Gasteiger partial charge in [-0.3, -0.25) is 4.79 Å². The third-order valence-corrected chi connectivity index (χ3v) is 2.79. The van der Waals surface area contributed by atoms with Crippen LogP contribution in [0.4, 0.5) is 0 Å². The Hall–Kier alpha value is -2.34. The summed E-state index contributed by atoms with van der Waals surface area (Å²) in [6, 6.07) is 6.14. The number of phenolic OH excluding ortho intramolecular Hbond substituents is 1. The fourth-order valence-electron chi connectivity index (χ4n) is 1.78. The third kappa shape index (κ3) is 3.58. The van der Waals surface area contributed by atoms with Crippen LogP contribution >= 0.6 is 0 Å². The Kier molecular flexibility index (Phi) is 4.37. The van der Waals surface area contributed by atoms with Gasteiger partial charge in [-0.05, 0) is 31.0 Å². The number of aromatic nitrogens is 1. The third-order valence-electron chi connectivity index (χ3n) is 2.79. The SMILES string of the molecule is Cc1cnc(C(=O)N[C@H](CO)Cc2ccc(O)cc2)o1. The molecular weight excluding hydrogens is 260 g/mol. The molecule has 2 rings (SSSR count). The lowest BCUT2D eigenvalue weighted by atomic mass is 10.1. The maximum Gasteiger partial charge on any atom is 0.307 e. The minimum atomic E-state index is -0.462. The molecule has 20 heavy (non-hydrogen) atoms. The molecule has 6 nitrogen and oxygen atoms in total. The number of carbonyl (C=O) groups is 1. The first-order chi connectivity index (χ1) is 9.58. The first-order valence-corrected chi connectivity index (χ1v) is 6.20. The molecule has 0 radical (unpaired) electrons. The van der Waals surface area contributed by atoms with Gasteiger partial charge in [0, 0.05) is 0 Å². The molecule has 0 unspecified atom stereocenters. The fourth-order valence-corrected chi connectivity index (χ4v) is 1.78. The lowest BCUT2D eigenvalue weighted by molar-refractivity contribution is 0.0880. The summed E-state index contributed by atoms with van der Waals surface area (Å²) >= 11 is 0. The summed E-state index contributed by atoms with van der Waals surface area (Å²) in [5, 5.41) is 21.2. The number of carbonyl (C=O) groups excluding carboxylic acids is 1. The van der Waals surface area contributed by atoms with E-state index in [1.54, 1.807) is 31.2 Å². The van der Waals surface area contributed by atoms with Crippen molar-refractivity contribution in [3.8, 4) is 5.75 Å². The van der Waals surface area contributed by atoms with E-state index >= 15 is 0 Å². The van der Waals surface area contributed by atoms with Crippen LogP contribution in [0.2, 0.25) is 0 Å². The average Bonchev–Trinajstić information content (AvgIpc) is 2.87. The van der Waals surface area contributed by atoms with Gasteiger partial charge < -0.3 is 19.9 Å². The summed E-state index contributed by atoms with van der Waals surface area (Å²) < 4.78 is 5.12. The summed E-state index contributed by atoms with van der Waals surface area (Å²) in [7, 11) is 0. The Bertz CT molecular complexity index is 577. The maximum atomic E-state index is 11.9. The Labute approximate surface area is 116 Å². The van der Waals surface area contributed by atoms with Crippen molar-refractivity contribution in [3.63, 3.8) is 0 Å². The van der Waals surface area contributed by atoms with Crippen molar-refractivity contribution in [2.45, 2.75) is 19.4 Å². The average molecular weight is 276 g/mol. The number of aromatic hydroxyl groups is 1. The second-order valence-electron chi connectivity index (χ2n) is 4.50. The van der Waals surface area contributed by atoms with Gasteiger partial charge in [-0.25, -0.2) is 4.98 Å². The number of nitrogens with one attached hydrogen (secondary N) is 1. The number of aliphatic hydroxyl groups excluding tert-OH is 1. The Morgan fingerprint density at radius 3 is 2.65 bits per heavy atom. The predicted molar refractivity (Wildman–Crippen MR) is 71.4 cm³/mol. The summed E-state index contributed by atoms with van der Waals surface area (Å²) in [6.07, 6.45) is 1.91. The number of nitrogens with zero attached hydrogens (tertiary/aromatic N) is 1. The van der Waals surface area contributed by atoms with E-state index in [0.717, 1.165) is 5.56 Å². The highest BCUT2D eigenvalue weighted by atomic mass is 16.4. The monoisotopic (exact) mass is 276 g/mol. The summed E-state index contributed by atoms with van der Waals surface area (Å²) in [6.45, 7) is 1.50. The zero-order chi connectivity index (χ0) is 14.5. The highest BCUT2D eigenvalue weighted by Gasteiger charge is 2.17. The van der Waals surface area contributed by atoms with Gasteiger partial charge in [0.15, 0.2) is 0 Å². The maximum absolute atomic E-state index is 11.9. The molecule has 0 fully saturated rings. The number of hydrogen-bond acceptors (Lipinski definition) is 5. The first-order valence-electron chi connectivity index (χ1n) is 6.20. The van der Waals surface area contributed by atoms with Crippen LogP contribution in [0.25, 0.3) is 0 Å². The number of phenols is 1. The number of oxazole rings is 1. The molecule has 6 heteroatoms. The fraction of sp³-hybridized carbons (Fsp3) is 0.286. The largest absolute Gasteiger partial charge is 0.508 e. The molecule has 0 saturated carbocycles. The number of aliphatic hydroxyl groups is 1. The summed E-state index contributed by atoms with van der Waals surface area (Å²) in [5.41, 5.74) is 0.894. The van der Waals surface area contributed by atoms with Gasteiger partial charge in [0.1, 0.15) is 11.5 Å². The van der Waals surface area contributed by atoms with E-state index < -0.39 is 11.9 Å². The van der Waals surface area contributed by atoms with E-state index in [2.05, 4.69) is 10.3 Å². The second-order valence-corrected chi connectivity index (χ2v) is 4.50. The molecule has 0 spiro atoms. The molecule has 1 aromatic heterocycles. The van der Waals surface area contributed by atoms with Crippen LogP contribution in [0.15, 0.2) is 34.9 Å². The van der Waals surface area contributed by atoms with Crippen molar-refractivity contribution in [1.82, 2.24) is 10.3 Å². The molecule has 0 aliphatic heterocycles. The standard InChI is InChI=1S/C14H16N2O4/c1-9-7-15-14(20-9)13(19)16-11(8-17)6-10-2-4-12(18)5-3-10/h2-5,7,11,17-18H,6,8H2,1H3,(H,16,19)/t11-/m0/s1. The van der Waals surface area contributed by atoms with Gasteiger partial charge >= 0.3 is 5.91 Å². The number of amides is 1. The second kappa shape index (κ2) is 6.21. The van der Waals surface area contributed by atoms with Gasteiger partial charge in [-0.15, -0.1) is 0 Å². The van der Waals surface area contributed by atoms with Gasteiger partial charge in [0.25, 0.3) is 5.89 Å². The highest BCUT2D eigenvalue weighted by molar-refractivity contribution is 5.89. The molecule has 1 heterocycles.